The maximum Gasteiger partial charge on any atom is 0.426 e. The molecule has 0 radical (unpaired) electrons. The van der Waals surface area contributed by atoms with Gasteiger partial charge in [-0.15, -0.1) is 0 Å². The Kier molecular flexibility index (Phi) is 26.1. The summed E-state index contributed by atoms with van der Waals surface area (Å²) in [4.78, 5) is 3.34. The topological polar surface area (TPSA) is 275 Å². The first-order valence-corrected chi connectivity index (χ1v) is 50.1. The molecule has 6 aromatic rings. The van der Waals surface area contributed by atoms with Crippen LogP contribution >= 0.6 is 0 Å². The SMILES string of the molecule is COc1c([S+](c2ccccc2)c2cccc(C34CCC(C3)C3C4OC3(C(F)(F)F)C(F)(F)F)c2OC)cccc1C12CCC(C1)C1C2OC1(C(F)(F)F)C(F)(F)F.COc1c([S+](c2ccccc2)c2cccc(C34CCC(C3)C3C4OC3(C(F)(F)F)C(F)(F)F)c2OC)cccc1C12CCC(C1)C1C2OC1(C(F)(F)F)C(F)(F)F.O=S(=O)([O-])CCS(=O)(=O)OF.O=S(=O)([O-])CCS(=O)(=O)OF. The zero-order valence-electron chi connectivity index (χ0n) is 70.4. The van der Waals surface area contributed by atoms with E-state index in [-0.39, 0.29) is 100 Å². The van der Waals surface area contributed by atoms with Crippen LogP contribution in [0.3, 0.4) is 0 Å². The van der Waals surface area contributed by atoms with Gasteiger partial charge in [-0.05, 0) is 158 Å². The van der Waals surface area contributed by atoms with Crippen LogP contribution in [0.4, 0.5) is 114 Å². The second-order valence-corrected chi connectivity index (χ2v) is 45.9. The van der Waals surface area contributed by atoms with Gasteiger partial charge in [0.05, 0.1) is 96.1 Å². The fourth-order valence-corrected chi connectivity index (χ4v) is 32.7. The lowest BCUT2D eigenvalue weighted by Crippen LogP contribution is -2.77. The van der Waals surface area contributed by atoms with E-state index in [4.69, 9.17) is 37.9 Å². The van der Waals surface area contributed by atoms with E-state index in [2.05, 4.69) is 8.78 Å². The van der Waals surface area contributed by atoms with Gasteiger partial charge in [-0.3, -0.25) is 0 Å². The van der Waals surface area contributed by atoms with Crippen LogP contribution in [0.1, 0.15) is 99.3 Å². The first-order valence-electron chi connectivity index (χ1n) is 41.3. The van der Waals surface area contributed by atoms with Crippen LogP contribution < -0.4 is 18.9 Å². The first kappa shape index (κ1) is 103. The number of hydrogen-bond donors (Lipinski definition) is 0. The average molecular weight is 2090 g/mol. The number of alkyl halides is 24. The molecule has 4 saturated heterocycles. The lowest BCUT2D eigenvalue weighted by atomic mass is 9.62. The van der Waals surface area contributed by atoms with E-state index in [0.717, 1.165) is 0 Å². The summed E-state index contributed by atoms with van der Waals surface area (Å²) < 4.78 is 514. The number of para-hydroxylation sites is 4. The van der Waals surface area contributed by atoms with Crippen LogP contribution in [0.15, 0.2) is 163 Å². The Bertz CT molecular complexity index is 5340. The van der Waals surface area contributed by atoms with Gasteiger partial charge in [0.15, 0.2) is 32.8 Å². The molecule has 4 aliphatic heterocycles. The van der Waals surface area contributed by atoms with Crippen molar-refractivity contribution >= 4 is 62.3 Å². The van der Waals surface area contributed by atoms with Crippen molar-refractivity contribution in [1.82, 2.24) is 0 Å². The second kappa shape index (κ2) is 34.3. The molecule has 0 N–H and O–H groups in total. The van der Waals surface area contributed by atoms with Crippen molar-refractivity contribution in [2.75, 3.05) is 51.5 Å². The van der Waals surface area contributed by atoms with Crippen LogP contribution in [0.5, 0.6) is 23.0 Å². The van der Waals surface area contributed by atoms with Crippen molar-refractivity contribution in [2.45, 2.75) is 224 Å². The first-order chi connectivity index (χ1) is 62.8. The zero-order valence-corrected chi connectivity index (χ0v) is 75.3. The standard InChI is InChI=1S/2C40H35F12O4S.2C2H5FO6S2/c2*1-53-29-23(33-16-14-20(18-33)27-31(33)55-35(27,37(41,42)43)38(44,45)46)10-6-12-25(29)57(22-8-4-3-5-9-22)26-13-7-11-24(30(26)54-2)34-17-15-21(19-34)28-32(34)56-36(28,39(47,48)49)40(50,51)52;2*3-9-11(7,8)2-1-10(4,5)6/h2*3-13,20-21,27-28,31-32H,14-19H2,1-2H3;2*1-2H2,(H,4,5,6)/q2*+1;;/p-2. The van der Waals surface area contributed by atoms with Gasteiger partial charge in [0.1, 0.15) is 21.8 Å². The van der Waals surface area contributed by atoms with E-state index in [1.54, 1.807) is 133 Å². The van der Waals surface area contributed by atoms with Gasteiger partial charge in [0.25, 0.3) is 42.6 Å². The number of ether oxygens (including phenoxy) is 8. The van der Waals surface area contributed by atoms with Crippen LogP contribution in [0.2, 0.25) is 0 Å². The molecule has 16 atom stereocenters. The van der Waals surface area contributed by atoms with Gasteiger partial charge >= 0.3 is 49.4 Å². The number of methoxy groups -OCH3 is 4. The lowest BCUT2D eigenvalue weighted by Gasteiger charge is -2.59. The van der Waals surface area contributed by atoms with Gasteiger partial charge in [-0.25, -0.2) is 16.8 Å². The largest absolute Gasteiger partial charge is 0.748 e. The fraction of sp³-hybridized carbons (Fsp3) is 0.571. The highest BCUT2D eigenvalue weighted by Gasteiger charge is 2.93. The number of halogens is 26. The third kappa shape index (κ3) is 15.8. The van der Waals surface area contributed by atoms with Gasteiger partial charge in [0, 0.05) is 67.6 Å². The predicted octanol–water partition coefficient (Wildman–Crippen LogP) is 18.8. The van der Waals surface area contributed by atoms with Crippen LogP contribution in [-0.4, -0.2) is 190 Å². The Balaban J connectivity index is 0.000000169. The summed E-state index contributed by atoms with van der Waals surface area (Å²) in [6.07, 6.45) is -49.6. The summed E-state index contributed by atoms with van der Waals surface area (Å²) >= 11 is 0. The third-order valence-corrected chi connectivity index (χ3v) is 37.7. The molecule has 0 aromatic heterocycles. The van der Waals surface area contributed by atoms with Crippen molar-refractivity contribution in [3.05, 3.63) is 156 Å². The molecule has 20 nitrogen and oxygen atoms in total. The molecule has 12 fully saturated rings. The molecule has 52 heteroatoms. The van der Waals surface area contributed by atoms with Crippen LogP contribution in [0.25, 0.3) is 0 Å². The number of benzene rings is 6. The van der Waals surface area contributed by atoms with E-state index < -0.39 is 251 Å². The summed E-state index contributed by atoms with van der Waals surface area (Å²) in [7, 11) is -15.3. The number of rotatable bonds is 22. The minimum Gasteiger partial charge on any atom is -0.748 e. The predicted molar refractivity (Wildman–Crippen MR) is 419 cm³/mol. The zero-order chi connectivity index (χ0) is 100. The van der Waals surface area contributed by atoms with Crippen molar-refractivity contribution in [3.8, 4) is 23.0 Å². The fourth-order valence-electron chi connectivity index (χ4n) is 24.6. The maximum absolute atomic E-state index is 14.3. The summed E-state index contributed by atoms with van der Waals surface area (Å²) in [5.41, 5.74) is -20.5. The van der Waals surface area contributed by atoms with E-state index in [1.807, 2.05) is 0 Å². The second-order valence-electron chi connectivity index (χ2n) is 35.6. The quantitative estimate of drug-likeness (QED) is 0.0347. The van der Waals surface area contributed by atoms with Gasteiger partial charge in [-0.2, -0.15) is 122 Å². The lowest BCUT2D eigenvalue weighted by molar-refractivity contribution is -0.472. The van der Waals surface area contributed by atoms with Crippen molar-refractivity contribution < 1.29 is 204 Å². The van der Waals surface area contributed by atoms with Crippen LogP contribution in [-0.2, 0) is 112 Å². The smallest absolute Gasteiger partial charge is 0.426 e. The van der Waals surface area contributed by atoms with Gasteiger partial charge < -0.3 is 47.0 Å². The molecule has 8 bridgehead atoms. The normalized spacial score (nSPS) is 30.6. The van der Waals surface area contributed by atoms with E-state index in [9.17, 15) is 157 Å². The molecule has 12 aliphatic rings. The molecule has 6 aromatic carbocycles. The molecule has 4 heterocycles. The Morgan fingerprint density at radius 3 is 0.676 bits per heavy atom. The molecular formula is C84H78F26O20S6. The van der Waals surface area contributed by atoms with E-state index >= 15 is 0 Å². The Labute approximate surface area is 764 Å². The maximum atomic E-state index is 14.3. The highest BCUT2D eigenvalue weighted by Crippen LogP contribution is 2.80. The van der Waals surface area contributed by atoms with E-state index in [1.165, 1.54) is 28.4 Å². The third-order valence-electron chi connectivity index (χ3n) is 29.4. The molecule has 18 rings (SSSR count). The molecule has 8 saturated carbocycles. The summed E-state index contributed by atoms with van der Waals surface area (Å²) in [5.74, 6) is -14.9. The molecule has 8 aliphatic carbocycles. The van der Waals surface area contributed by atoms with Crippen molar-refractivity contribution in [3.63, 3.8) is 0 Å². The molecule has 0 spiro atoms. The summed E-state index contributed by atoms with van der Waals surface area (Å²) in [6, 6.07) is 37.8. The highest BCUT2D eigenvalue weighted by molar-refractivity contribution is 7.97. The molecule has 136 heavy (non-hydrogen) atoms. The Hall–Kier alpha value is -7.12. The Morgan fingerprint density at radius 1 is 0.309 bits per heavy atom. The number of hydrogen-bond acceptors (Lipinski definition) is 20. The molecule has 0 amide bonds. The highest BCUT2D eigenvalue weighted by atomic mass is 32.2. The molecular weight excluding hydrogens is 2020 g/mol. The van der Waals surface area contributed by atoms with E-state index in [0.29, 0.717) is 51.6 Å². The van der Waals surface area contributed by atoms with Gasteiger partial charge in [-0.1, -0.05) is 93.7 Å². The summed E-state index contributed by atoms with van der Waals surface area (Å²) in [5, 5.41) is 0. The molecule has 16 unspecified atom stereocenters. The molecule has 752 valence electrons. The average Bonchev–Trinajstić information content (AvgIpc) is 1.50. The Morgan fingerprint density at radius 2 is 0.507 bits per heavy atom. The monoisotopic (exact) mass is 2090 g/mol. The van der Waals surface area contributed by atoms with Crippen LogP contribution in [0, 0.1) is 47.3 Å². The van der Waals surface area contributed by atoms with Crippen molar-refractivity contribution in [1.29, 1.82) is 0 Å². The van der Waals surface area contributed by atoms with Gasteiger partial charge in [0.2, 0.25) is 19.6 Å². The number of fused-ring (bicyclic) bond motifs is 20. The minimum absolute atomic E-state index is 0.0115. The van der Waals surface area contributed by atoms with Crippen molar-refractivity contribution in [2.24, 2.45) is 47.3 Å². The minimum atomic E-state index is -5.70. The summed E-state index contributed by atoms with van der Waals surface area (Å²) in [6.45, 7) is 0.